The first-order valence-electron chi connectivity index (χ1n) is 28.0. The van der Waals surface area contributed by atoms with Crippen LogP contribution >= 0.6 is 11.6 Å². The van der Waals surface area contributed by atoms with Gasteiger partial charge in [-0.1, -0.05) is 80.3 Å². The van der Waals surface area contributed by atoms with Gasteiger partial charge in [0, 0.05) is 116 Å². The van der Waals surface area contributed by atoms with Crippen molar-refractivity contribution in [3.63, 3.8) is 0 Å². The lowest BCUT2D eigenvalue weighted by Crippen LogP contribution is -2.47. The Balaban J connectivity index is 0.836. The van der Waals surface area contributed by atoms with Gasteiger partial charge in [0.05, 0.1) is 9.79 Å². The summed E-state index contributed by atoms with van der Waals surface area (Å²) in [4.78, 5) is 6.78. The van der Waals surface area contributed by atoms with Crippen LogP contribution in [0.1, 0.15) is 92.9 Å². The molecule has 1 atom stereocenters. The summed E-state index contributed by atoms with van der Waals surface area (Å²) in [7, 11) is -9.52. The Bertz CT molecular complexity index is 3140. The molecule has 2 N–H and O–H groups in total. The van der Waals surface area contributed by atoms with E-state index < -0.39 is 40.5 Å². The second-order valence-corrected chi connectivity index (χ2v) is 30.0. The number of anilines is 2. The number of hydrogen-bond acceptors (Lipinski definition) is 11. The molecule has 4 aromatic rings. The van der Waals surface area contributed by atoms with Gasteiger partial charge in [0.1, 0.15) is 0 Å². The molecule has 2 fully saturated rings. The average Bonchev–Trinajstić information content (AvgIpc) is 3.48. The van der Waals surface area contributed by atoms with E-state index in [2.05, 4.69) is 32.5 Å². The Morgan fingerprint density at radius 1 is 0.608 bits per heavy atom. The van der Waals surface area contributed by atoms with Crippen LogP contribution in [0.15, 0.2) is 113 Å². The molecule has 0 amide bonds. The lowest BCUT2D eigenvalue weighted by Gasteiger charge is -2.35. The van der Waals surface area contributed by atoms with Gasteiger partial charge >= 0.3 is 0 Å². The van der Waals surface area contributed by atoms with Crippen molar-refractivity contribution in [2.24, 2.45) is 11.8 Å². The molecule has 0 spiro atoms. The van der Waals surface area contributed by atoms with Crippen molar-refractivity contribution in [3.05, 3.63) is 130 Å². The van der Waals surface area contributed by atoms with Crippen LogP contribution in [0, 0.1) is 11.8 Å². The second-order valence-electron chi connectivity index (χ2n) is 22.2. The van der Waals surface area contributed by atoms with E-state index in [0.29, 0.717) is 82.3 Å². The summed E-state index contributed by atoms with van der Waals surface area (Å²) < 4.78 is 122. The maximum Gasteiger partial charge on any atom is 0.282 e. The van der Waals surface area contributed by atoms with E-state index in [1.165, 1.54) is 40.7 Å². The molecule has 8 rings (SSSR count). The summed E-state index contributed by atoms with van der Waals surface area (Å²) in [6, 6.07) is 27.5. The number of halogens is 1. The second kappa shape index (κ2) is 27.4. The van der Waals surface area contributed by atoms with Gasteiger partial charge in [0.25, 0.3) is 20.4 Å². The molecule has 17 nitrogen and oxygen atoms in total. The van der Waals surface area contributed by atoms with Crippen molar-refractivity contribution in [2.45, 2.75) is 99.9 Å². The molecule has 4 aromatic carbocycles. The highest BCUT2D eigenvalue weighted by atomic mass is 35.5. The van der Waals surface area contributed by atoms with E-state index in [9.17, 15) is 33.7 Å². The summed E-state index contributed by atoms with van der Waals surface area (Å²) in [6.45, 7) is 7.27. The van der Waals surface area contributed by atoms with Crippen LogP contribution in [0.25, 0.3) is 0 Å². The first-order valence-corrected chi connectivity index (χ1v) is 34.1. The third kappa shape index (κ3) is 16.4. The fourth-order valence-corrected chi connectivity index (χ4v) is 17.0. The minimum Gasteiger partial charge on any atom is -0.378 e. The molecule has 0 unspecified atom stereocenters. The average molecular weight is 1190 g/mol. The highest BCUT2D eigenvalue weighted by Gasteiger charge is 2.34. The first-order chi connectivity index (χ1) is 37.7. The van der Waals surface area contributed by atoms with Crippen LogP contribution in [0.4, 0.5) is 11.4 Å². The molecule has 0 bridgehead atoms. The lowest BCUT2D eigenvalue weighted by molar-refractivity contribution is 0.189. The number of rotatable bonds is 19. The number of benzene rings is 4. The largest absolute Gasteiger partial charge is 0.378 e. The van der Waals surface area contributed by atoms with Crippen LogP contribution in [0.3, 0.4) is 0 Å². The van der Waals surface area contributed by atoms with Crippen LogP contribution < -0.4 is 19.2 Å². The van der Waals surface area contributed by atoms with Gasteiger partial charge in [-0.15, -0.1) is 0 Å². The van der Waals surface area contributed by atoms with E-state index in [0.717, 1.165) is 53.3 Å². The van der Waals surface area contributed by atoms with Gasteiger partial charge < -0.3 is 14.7 Å². The van der Waals surface area contributed by atoms with Gasteiger partial charge in [-0.2, -0.15) is 34.1 Å². The van der Waals surface area contributed by atoms with Crippen molar-refractivity contribution in [3.8, 4) is 0 Å². The fourth-order valence-electron chi connectivity index (χ4n) is 11.3. The minimum atomic E-state index is -3.88. The molecule has 3 aliphatic heterocycles. The minimum absolute atomic E-state index is 0.0412. The van der Waals surface area contributed by atoms with Gasteiger partial charge in [0.2, 0.25) is 20.0 Å². The number of nitrogens with zero attached hydrogens (tertiary/aromatic N) is 7. The predicted molar refractivity (Wildman–Crippen MR) is 317 cm³/mol. The van der Waals surface area contributed by atoms with Crippen molar-refractivity contribution in [2.75, 3.05) is 109 Å². The quantitative estimate of drug-likeness (QED) is 0.0888. The summed E-state index contributed by atoms with van der Waals surface area (Å²) in [5.41, 5.74) is 5.91. The van der Waals surface area contributed by atoms with Gasteiger partial charge in [-0.05, 0) is 159 Å². The molecule has 0 aromatic heterocycles. The zero-order chi connectivity index (χ0) is 56.4. The van der Waals surface area contributed by atoms with Crippen molar-refractivity contribution >= 4 is 63.4 Å². The molecule has 3 heterocycles. The van der Waals surface area contributed by atoms with E-state index >= 15 is 0 Å². The molecule has 434 valence electrons. The third-order valence-electron chi connectivity index (χ3n) is 16.0. The molecular weight excluding hydrogens is 1100 g/mol. The number of fused-ring (bicyclic) bond motifs is 1. The predicted octanol–water partition coefficient (Wildman–Crippen LogP) is 7.50. The van der Waals surface area contributed by atoms with Crippen molar-refractivity contribution < 1.29 is 33.7 Å². The van der Waals surface area contributed by atoms with E-state index in [1.807, 2.05) is 67.4 Å². The molecule has 1 saturated heterocycles. The fraction of sp³-hybridized carbons (Fsp3) is 0.544. The maximum atomic E-state index is 14.6. The number of sulfonamides is 2. The number of piperidine rings is 1. The summed E-state index contributed by atoms with van der Waals surface area (Å²) >= 11 is 6.12. The Kier molecular flexibility index (Phi) is 21.2. The Hall–Kier alpha value is -3.97. The summed E-state index contributed by atoms with van der Waals surface area (Å²) in [6.07, 6.45) is 13.0. The van der Waals surface area contributed by atoms with Crippen LogP contribution in [-0.2, 0) is 60.0 Å². The van der Waals surface area contributed by atoms with Crippen LogP contribution in [0.2, 0.25) is 5.02 Å². The van der Waals surface area contributed by atoms with E-state index in [-0.39, 0.29) is 54.4 Å². The summed E-state index contributed by atoms with van der Waals surface area (Å²) in [5, 5.41) is 0.620. The smallest absolute Gasteiger partial charge is 0.282 e. The monoisotopic (exact) mass is 1180 g/mol. The van der Waals surface area contributed by atoms with Gasteiger partial charge in [0.15, 0.2) is 0 Å². The third-order valence-corrected chi connectivity index (χ3v) is 23.1. The molecule has 1 aliphatic carbocycles. The first kappa shape index (κ1) is 61.1. The number of nitrogens with one attached hydrogen (secondary N) is 2. The van der Waals surface area contributed by atoms with Gasteiger partial charge in [-0.25, -0.2) is 26.3 Å². The zero-order valence-electron chi connectivity index (χ0n) is 46.4. The lowest BCUT2D eigenvalue weighted by atomic mass is 9.89. The van der Waals surface area contributed by atoms with Crippen molar-refractivity contribution in [1.29, 1.82) is 0 Å². The molecule has 1 saturated carbocycles. The molecule has 4 aliphatic rings. The highest BCUT2D eigenvalue weighted by Crippen LogP contribution is 2.32. The standard InChI is InChI=1S/C57H82ClN9O8S4/c1-46(42-60-78(72,73)67-38-29-51-40-53(58)18-17-52(51)45-67)41-59-76(68,69)56-23-21-55(22-24-56)62(4)43-48-15-10-16-50(39-48)49-27-36-66(37-28-49)79(74,75)65-33-9-8-32-64(77(70,71)57-25-19-54(20-26-57)61(2)3)34-11-30-63(31-12-35-65)44-47-13-6-5-7-14-47/h8-10,15-26,39-40,46-47,49,59-60H,5-7,11-14,27-38,41-45H2,1-4H3/b9-8+/t46-/m0/s1. The van der Waals surface area contributed by atoms with E-state index in [1.54, 1.807) is 64.1 Å². The Morgan fingerprint density at radius 3 is 1.92 bits per heavy atom. The number of hydrogen-bond donors (Lipinski definition) is 2. The molecule has 0 radical (unpaired) electrons. The Morgan fingerprint density at radius 2 is 1.24 bits per heavy atom. The molecule has 22 heteroatoms. The van der Waals surface area contributed by atoms with E-state index in [4.69, 9.17) is 11.6 Å². The summed E-state index contributed by atoms with van der Waals surface area (Å²) in [5.74, 6) is 0.439. The van der Waals surface area contributed by atoms with Gasteiger partial charge in [-0.3, -0.25) is 0 Å². The SMILES string of the molecule is C[C@@H](CNS(=O)(=O)c1ccc(N(C)Cc2cccc(C3CCN(S(=O)(=O)N4C/C=C/CN(S(=O)(=O)c5ccc(N(C)C)cc5)CCCN(CC5CCCCC5)CCC4)CC3)c2)cc1)CNS(=O)(=O)N1CCc2cc(Cl)ccc2C1. The highest BCUT2D eigenvalue weighted by molar-refractivity contribution is 7.89. The Labute approximate surface area is 477 Å². The van der Waals surface area contributed by atoms with Crippen LogP contribution in [-0.4, -0.2) is 155 Å². The maximum absolute atomic E-state index is 14.6. The molecule has 79 heavy (non-hydrogen) atoms. The molecular formula is C57H82ClN9O8S4. The zero-order valence-corrected chi connectivity index (χ0v) is 50.4. The topological polar surface area (TPSA) is 183 Å². The van der Waals surface area contributed by atoms with Crippen molar-refractivity contribution in [1.82, 2.24) is 31.6 Å². The van der Waals surface area contributed by atoms with Crippen LogP contribution in [0.5, 0.6) is 0 Å². The normalized spacial score (nSPS) is 20.1.